The first kappa shape index (κ1) is 21.8. The van der Waals surface area contributed by atoms with Crippen LogP contribution in [0, 0.1) is 5.92 Å². The number of nitrogens with one attached hydrogen (secondary N) is 3. The molecule has 3 N–H and O–H groups in total. The van der Waals surface area contributed by atoms with E-state index in [9.17, 15) is 9.59 Å². The Balaban J connectivity index is 1.59. The van der Waals surface area contributed by atoms with Crippen LogP contribution in [0.4, 0.5) is 0 Å². The zero-order valence-electron chi connectivity index (χ0n) is 17.9. The van der Waals surface area contributed by atoms with Gasteiger partial charge in [0, 0.05) is 13.1 Å². The summed E-state index contributed by atoms with van der Waals surface area (Å²) < 4.78 is 5.16. The molecule has 0 bridgehead atoms. The molecule has 2 aromatic carbocycles. The Hall–Kier alpha value is -2.86. The smallest absolute Gasteiger partial charge is 0.242 e. The normalized spacial score (nSPS) is 16.5. The van der Waals surface area contributed by atoms with Crippen molar-refractivity contribution in [2.75, 3.05) is 7.11 Å². The Morgan fingerprint density at radius 2 is 1.80 bits per heavy atom. The van der Waals surface area contributed by atoms with E-state index in [-0.39, 0.29) is 23.8 Å². The van der Waals surface area contributed by atoms with Crippen LogP contribution in [-0.2, 0) is 29.1 Å². The van der Waals surface area contributed by atoms with E-state index in [1.54, 1.807) is 7.11 Å². The van der Waals surface area contributed by atoms with Crippen molar-refractivity contribution in [1.82, 2.24) is 16.0 Å². The van der Waals surface area contributed by atoms with Crippen LogP contribution >= 0.6 is 0 Å². The van der Waals surface area contributed by atoms with Crippen LogP contribution in [0.3, 0.4) is 0 Å². The van der Waals surface area contributed by atoms with Crippen LogP contribution in [0.1, 0.15) is 37.0 Å². The Bertz CT molecular complexity index is 864. The monoisotopic (exact) mass is 409 g/mol. The summed E-state index contributed by atoms with van der Waals surface area (Å²) in [7, 11) is 1.62. The van der Waals surface area contributed by atoms with E-state index < -0.39 is 6.04 Å². The molecule has 0 radical (unpaired) electrons. The summed E-state index contributed by atoms with van der Waals surface area (Å²) in [6.07, 6.45) is 1.22. The fraction of sp³-hybridized carbons (Fsp3) is 0.417. The minimum Gasteiger partial charge on any atom is -0.497 e. The molecule has 2 aromatic rings. The van der Waals surface area contributed by atoms with Gasteiger partial charge in [-0.25, -0.2) is 0 Å². The second kappa shape index (κ2) is 10.3. The summed E-state index contributed by atoms with van der Waals surface area (Å²) in [4.78, 5) is 25.7. The summed E-state index contributed by atoms with van der Waals surface area (Å²) >= 11 is 0. The minimum atomic E-state index is -0.560. The molecular weight excluding hydrogens is 378 g/mol. The summed E-state index contributed by atoms with van der Waals surface area (Å²) in [5.41, 5.74) is 3.38. The van der Waals surface area contributed by atoms with Gasteiger partial charge in [-0.2, -0.15) is 0 Å². The van der Waals surface area contributed by atoms with E-state index in [4.69, 9.17) is 4.74 Å². The largest absolute Gasteiger partial charge is 0.497 e. The maximum absolute atomic E-state index is 12.9. The van der Waals surface area contributed by atoms with Crippen molar-refractivity contribution in [3.8, 4) is 5.75 Å². The predicted octanol–water partition coefficient (Wildman–Crippen LogP) is 2.56. The van der Waals surface area contributed by atoms with Gasteiger partial charge in [0.15, 0.2) is 0 Å². The lowest BCUT2D eigenvalue weighted by molar-refractivity contribution is -0.130. The second-order valence-electron chi connectivity index (χ2n) is 8.16. The molecule has 30 heavy (non-hydrogen) atoms. The highest BCUT2D eigenvalue weighted by Gasteiger charge is 2.28. The fourth-order valence-electron chi connectivity index (χ4n) is 3.67. The highest BCUT2D eigenvalue weighted by molar-refractivity contribution is 5.90. The molecule has 0 saturated carbocycles. The summed E-state index contributed by atoms with van der Waals surface area (Å²) in [6, 6.07) is 14.8. The summed E-state index contributed by atoms with van der Waals surface area (Å²) in [6.45, 7) is 5.16. The Labute approximate surface area is 178 Å². The molecule has 2 atom stereocenters. The first-order valence-electron chi connectivity index (χ1n) is 10.5. The third-order valence-electron chi connectivity index (χ3n) is 5.36. The van der Waals surface area contributed by atoms with Crippen LogP contribution in [0.2, 0.25) is 0 Å². The number of carbonyl (C=O) groups is 2. The van der Waals surface area contributed by atoms with Crippen molar-refractivity contribution in [1.29, 1.82) is 0 Å². The van der Waals surface area contributed by atoms with Gasteiger partial charge in [-0.15, -0.1) is 0 Å². The highest BCUT2D eigenvalue weighted by Crippen LogP contribution is 2.17. The van der Waals surface area contributed by atoms with Crippen molar-refractivity contribution in [2.24, 2.45) is 5.92 Å². The van der Waals surface area contributed by atoms with E-state index >= 15 is 0 Å². The number of hydrogen-bond donors (Lipinski definition) is 3. The van der Waals surface area contributed by atoms with Crippen LogP contribution in [0.15, 0.2) is 48.5 Å². The molecule has 0 saturated heterocycles. The van der Waals surface area contributed by atoms with Gasteiger partial charge < -0.3 is 20.7 Å². The Kier molecular flexibility index (Phi) is 7.46. The van der Waals surface area contributed by atoms with E-state index in [2.05, 4.69) is 28.1 Å². The molecule has 0 unspecified atom stereocenters. The van der Waals surface area contributed by atoms with Crippen molar-refractivity contribution in [3.63, 3.8) is 0 Å². The van der Waals surface area contributed by atoms with Gasteiger partial charge in [0.2, 0.25) is 11.8 Å². The number of ether oxygens (including phenoxy) is 1. The van der Waals surface area contributed by atoms with E-state index in [0.29, 0.717) is 25.9 Å². The lowest BCUT2D eigenvalue weighted by atomic mass is 9.95. The lowest BCUT2D eigenvalue weighted by Crippen LogP contribution is -2.54. The molecular formula is C24H31N3O3. The SMILES string of the molecule is COc1ccc(CNC(=O)[C@H](CC(C)C)NC(=O)[C@@H]2Cc3ccccc3CN2)cc1. The number of rotatable bonds is 8. The molecule has 3 rings (SSSR count). The number of amides is 2. The summed E-state index contributed by atoms with van der Waals surface area (Å²) in [5, 5.41) is 9.21. The zero-order valence-corrected chi connectivity index (χ0v) is 17.9. The first-order valence-corrected chi connectivity index (χ1v) is 10.5. The van der Waals surface area contributed by atoms with Crippen molar-refractivity contribution < 1.29 is 14.3 Å². The third kappa shape index (κ3) is 5.83. The number of benzene rings is 2. The van der Waals surface area contributed by atoms with Crippen LogP contribution in [-0.4, -0.2) is 31.0 Å². The van der Waals surface area contributed by atoms with Gasteiger partial charge in [0.05, 0.1) is 13.2 Å². The molecule has 160 valence electrons. The third-order valence-corrected chi connectivity index (χ3v) is 5.36. The van der Waals surface area contributed by atoms with Crippen molar-refractivity contribution in [2.45, 2.75) is 51.9 Å². The molecule has 2 amide bonds. The predicted molar refractivity (Wildman–Crippen MR) is 117 cm³/mol. The molecule has 0 aliphatic carbocycles. The number of fused-ring (bicyclic) bond motifs is 1. The Morgan fingerprint density at radius 3 is 2.47 bits per heavy atom. The fourth-order valence-corrected chi connectivity index (χ4v) is 3.67. The van der Waals surface area contributed by atoms with Gasteiger partial charge in [-0.05, 0) is 47.6 Å². The minimum absolute atomic E-state index is 0.130. The number of carbonyl (C=O) groups excluding carboxylic acids is 2. The molecule has 1 aliphatic rings. The van der Waals surface area contributed by atoms with Crippen LogP contribution in [0.25, 0.3) is 0 Å². The van der Waals surface area contributed by atoms with Crippen LogP contribution < -0.4 is 20.7 Å². The van der Waals surface area contributed by atoms with Crippen molar-refractivity contribution >= 4 is 11.8 Å². The standard InChI is InChI=1S/C24H31N3O3/c1-16(2)12-22(23(28)26-14-17-8-10-20(30-3)11-9-17)27-24(29)21-13-18-6-4-5-7-19(18)15-25-21/h4-11,16,21-22,25H,12-15H2,1-3H3,(H,26,28)(H,27,29)/t21-,22-/m0/s1. The topological polar surface area (TPSA) is 79.5 Å². The number of hydrogen-bond acceptors (Lipinski definition) is 4. The van der Waals surface area contributed by atoms with E-state index in [1.165, 1.54) is 11.1 Å². The summed E-state index contributed by atoms with van der Waals surface area (Å²) in [5.74, 6) is 0.762. The van der Waals surface area contributed by atoms with Crippen LogP contribution in [0.5, 0.6) is 5.75 Å². The maximum atomic E-state index is 12.9. The number of methoxy groups -OCH3 is 1. The molecule has 0 fully saturated rings. The molecule has 6 nitrogen and oxygen atoms in total. The maximum Gasteiger partial charge on any atom is 0.242 e. The zero-order chi connectivity index (χ0) is 21.5. The highest BCUT2D eigenvalue weighted by atomic mass is 16.5. The second-order valence-corrected chi connectivity index (χ2v) is 8.16. The average molecular weight is 410 g/mol. The van der Waals surface area contributed by atoms with E-state index in [0.717, 1.165) is 11.3 Å². The lowest BCUT2D eigenvalue weighted by Gasteiger charge is -2.28. The molecule has 0 spiro atoms. The molecule has 0 aromatic heterocycles. The van der Waals surface area contributed by atoms with Gasteiger partial charge in [0.25, 0.3) is 0 Å². The quantitative estimate of drug-likeness (QED) is 0.626. The molecule has 1 aliphatic heterocycles. The first-order chi connectivity index (χ1) is 14.5. The average Bonchev–Trinajstić information content (AvgIpc) is 2.76. The Morgan fingerprint density at radius 1 is 1.10 bits per heavy atom. The van der Waals surface area contributed by atoms with Gasteiger partial charge in [0.1, 0.15) is 11.8 Å². The molecule has 6 heteroatoms. The molecule has 1 heterocycles. The van der Waals surface area contributed by atoms with Gasteiger partial charge in [-0.1, -0.05) is 50.2 Å². The van der Waals surface area contributed by atoms with Crippen molar-refractivity contribution in [3.05, 3.63) is 65.2 Å². The van der Waals surface area contributed by atoms with Gasteiger partial charge >= 0.3 is 0 Å². The van der Waals surface area contributed by atoms with E-state index in [1.807, 2.05) is 50.2 Å². The van der Waals surface area contributed by atoms with Gasteiger partial charge in [-0.3, -0.25) is 9.59 Å².